The van der Waals surface area contributed by atoms with Crippen LogP contribution < -0.4 is 15.2 Å². The minimum absolute atomic E-state index is 0.0230. The summed E-state index contributed by atoms with van der Waals surface area (Å²) in [5.74, 6) is 1.38. The van der Waals surface area contributed by atoms with Crippen molar-refractivity contribution in [3.05, 3.63) is 63.7 Å². The number of halogens is 1. The summed E-state index contributed by atoms with van der Waals surface area (Å²) in [6.07, 6.45) is 1.73. The average Bonchev–Trinajstić information content (AvgIpc) is 2.90. The number of aromatic nitrogens is 3. The van der Waals surface area contributed by atoms with Crippen LogP contribution in [0.25, 0.3) is 0 Å². The van der Waals surface area contributed by atoms with Crippen LogP contribution in [0.1, 0.15) is 5.56 Å². The maximum Gasteiger partial charge on any atom is 0.250 e. The first-order valence-electron chi connectivity index (χ1n) is 11.4. The van der Waals surface area contributed by atoms with Crippen molar-refractivity contribution in [1.82, 2.24) is 15.0 Å². The molecule has 2 aromatic carbocycles. The molecule has 10 nitrogen and oxygen atoms in total. The Morgan fingerprint density at radius 2 is 1.91 bits per heavy atom. The summed E-state index contributed by atoms with van der Waals surface area (Å²) in [5, 5.41) is 13.4. The van der Waals surface area contributed by atoms with E-state index < -0.39 is 0 Å². The first-order valence-corrected chi connectivity index (χ1v) is 12.5. The first-order chi connectivity index (χ1) is 17.2. The van der Waals surface area contributed by atoms with E-state index in [4.69, 9.17) is 19.6 Å². The van der Waals surface area contributed by atoms with Crippen LogP contribution in [0.4, 0.5) is 23.5 Å². The molecule has 0 aliphatic carbocycles. The van der Waals surface area contributed by atoms with Crippen molar-refractivity contribution >= 4 is 52.3 Å². The Kier molecular flexibility index (Phi) is 9.57. The predicted molar refractivity (Wildman–Crippen MR) is 145 cm³/mol. The number of hydrazone groups is 1. The lowest BCUT2D eigenvalue weighted by atomic mass is 10.2. The van der Waals surface area contributed by atoms with Gasteiger partial charge in [-0.1, -0.05) is 30.3 Å². The molecule has 0 unspecified atom stereocenters. The fourth-order valence-corrected chi connectivity index (χ4v) is 4.02. The number of aliphatic hydroxyl groups excluding tert-OH is 1. The number of para-hydroxylation sites is 1. The number of nitrogens with zero attached hydrogens (tertiary/aromatic N) is 6. The summed E-state index contributed by atoms with van der Waals surface area (Å²) >= 11 is 2.27. The minimum atomic E-state index is -0.0230. The highest BCUT2D eigenvalue weighted by Gasteiger charge is 2.20. The molecule has 1 aliphatic rings. The zero-order valence-corrected chi connectivity index (χ0v) is 21.4. The topological polar surface area (TPSA) is 108 Å². The number of morpholine rings is 1. The number of hydrogen-bond acceptors (Lipinski definition) is 10. The summed E-state index contributed by atoms with van der Waals surface area (Å²) < 4.78 is 12.2. The highest BCUT2D eigenvalue weighted by Crippen LogP contribution is 2.25. The van der Waals surface area contributed by atoms with Crippen molar-refractivity contribution in [2.75, 3.05) is 67.9 Å². The number of ether oxygens (including phenoxy) is 2. The molecule has 1 aliphatic heterocycles. The van der Waals surface area contributed by atoms with E-state index in [-0.39, 0.29) is 13.2 Å². The van der Waals surface area contributed by atoms with Crippen molar-refractivity contribution in [3.8, 4) is 0 Å². The van der Waals surface area contributed by atoms with Gasteiger partial charge in [-0.25, -0.2) is 5.43 Å². The molecule has 0 radical (unpaired) electrons. The van der Waals surface area contributed by atoms with E-state index >= 15 is 0 Å². The molecular weight excluding hydrogens is 561 g/mol. The molecule has 1 aromatic heterocycles. The van der Waals surface area contributed by atoms with Crippen LogP contribution in [-0.4, -0.2) is 78.9 Å². The number of aliphatic hydroxyl groups is 1. The molecule has 1 saturated heterocycles. The van der Waals surface area contributed by atoms with E-state index in [0.717, 1.165) is 14.8 Å². The van der Waals surface area contributed by atoms with Crippen LogP contribution in [-0.2, 0) is 9.47 Å². The Bertz CT molecular complexity index is 1100. The molecule has 184 valence electrons. The molecular formula is C24H28IN7O3. The maximum absolute atomic E-state index is 9.05. The van der Waals surface area contributed by atoms with Gasteiger partial charge in [0.2, 0.25) is 17.8 Å². The third kappa shape index (κ3) is 7.56. The van der Waals surface area contributed by atoms with E-state index in [0.29, 0.717) is 57.3 Å². The highest BCUT2D eigenvalue weighted by atomic mass is 127. The van der Waals surface area contributed by atoms with E-state index in [1.54, 1.807) is 6.21 Å². The van der Waals surface area contributed by atoms with Gasteiger partial charge in [-0.15, -0.1) is 0 Å². The molecule has 35 heavy (non-hydrogen) atoms. The lowest BCUT2D eigenvalue weighted by Crippen LogP contribution is -2.38. The predicted octanol–water partition coefficient (Wildman–Crippen LogP) is 2.91. The largest absolute Gasteiger partial charge is 0.394 e. The van der Waals surface area contributed by atoms with Gasteiger partial charge in [0.15, 0.2) is 0 Å². The van der Waals surface area contributed by atoms with Crippen molar-refractivity contribution in [2.45, 2.75) is 0 Å². The van der Waals surface area contributed by atoms with Crippen LogP contribution in [0.5, 0.6) is 0 Å². The van der Waals surface area contributed by atoms with E-state index in [1.165, 1.54) is 0 Å². The number of hydrogen-bond donors (Lipinski definition) is 2. The molecule has 0 atom stereocenters. The number of nitrogens with one attached hydrogen (secondary N) is 1. The lowest BCUT2D eigenvalue weighted by molar-refractivity contribution is 0.0974. The van der Waals surface area contributed by atoms with Gasteiger partial charge in [0, 0.05) is 28.9 Å². The average molecular weight is 589 g/mol. The van der Waals surface area contributed by atoms with Crippen LogP contribution in [0.3, 0.4) is 0 Å². The van der Waals surface area contributed by atoms with Gasteiger partial charge in [0.1, 0.15) is 0 Å². The fourth-order valence-electron chi connectivity index (χ4n) is 3.46. The van der Waals surface area contributed by atoms with Gasteiger partial charge in [-0.3, -0.25) is 0 Å². The molecule has 4 rings (SSSR count). The Morgan fingerprint density at radius 1 is 1.09 bits per heavy atom. The van der Waals surface area contributed by atoms with Crippen LogP contribution >= 0.6 is 22.6 Å². The number of anilines is 4. The van der Waals surface area contributed by atoms with E-state index in [2.05, 4.69) is 48.0 Å². The Labute approximate surface area is 218 Å². The molecule has 0 spiro atoms. The van der Waals surface area contributed by atoms with Gasteiger partial charge < -0.3 is 24.4 Å². The van der Waals surface area contributed by atoms with E-state index in [1.807, 2.05) is 59.5 Å². The quantitative estimate of drug-likeness (QED) is 0.151. The SMILES string of the molecule is OCCOCCN(c1ccccc1)c1nc(N/N=C/c2cccc(I)c2)nc(N2CCOCC2)n1. The maximum atomic E-state index is 9.05. The zero-order chi connectivity index (χ0) is 24.3. The van der Waals surface area contributed by atoms with Crippen molar-refractivity contribution in [2.24, 2.45) is 5.10 Å². The normalized spacial score (nSPS) is 13.8. The Hall–Kier alpha value is -2.87. The van der Waals surface area contributed by atoms with Crippen LogP contribution in [0, 0.1) is 3.57 Å². The summed E-state index contributed by atoms with van der Waals surface area (Å²) in [4.78, 5) is 18.1. The lowest BCUT2D eigenvalue weighted by Gasteiger charge is -2.28. The van der Waals surface area contributed by atoms with E-state index in [9.17, 15) is 0 Å². The van der Waals surface area contributed by atoms with Gasteiger partial charge in [0.05, 0.1) is 39.2 Å². The summed E-state index contributed by atoms with van der Waals surface area (Å²) in [6.45, 7) is 3.78. The standard InChI is InChI=1S/C24H28IN7O3/c25-20-6-4-5-19(17-20)18-26-30-22-27-23(31-9-13-34-14-10-31)29-24(28-22)32(11-15-35-16-12-33)21-7-2-1-3-8-21/h1-8,17-18,33H,9-16H2,(H,27,28,29,30)/b26-18+. The Morgan fingerprint density at radius 3 is 2.69 bits per heavy atom. The second-order valence-electron chi connectivity index (χ2n) is 7.61. The van der Waals surface area contributed by atoms with Gasteiger partial charge in [-0.2, -0.15) is 20.1 Å². The van der Waals surface area contributed by atoms with Crippen molar-refractivity contribution < 1.29 is 14.6 Å². The smallest absolute Gasteiger partial charge is 0.250 e. The Balaban J connectivity index is 1.63. The summed E-state index contributed by atoms with van der Waals surface area (Å²) in [5.41, 5.74) is 4.87. The van der Waals surface area contributed by atoms with Crippen molar-refractivity contribution in [1.29, 1.82) is 0 Å². The summed E-state index contributed by atoms with van der Waals surface area (Å²) in [6, 6.07) is 17.9. The molecule has 11 heteroatoms. The van der Waals surface area contributed by atoms with Crippen LogP contribution in [0.2, 0.25) is 0 Å². The van der Waals surface area contributed by atoms with Crippen LogP contribution in [0.15, 0.2) is 59.7 Å². The minimum Gasteiger partial charge on any atom is -0.394 e. The molecule has 2 heterocycles. The molecule has 0 amide bonds. The molecule has 1 fully saturated rings. The fraction of sp³-hybridized carbons (Fsp3) is 0.333. The zero-order valence-electron chi connectivity index (χ0n) is 19.3. The highest BCUT2D eigenvalue weighted by molar-refractivity contribution is 14.1. The third-order valence-corrected chi connectivity index (χ3v) is 5.81. The van der Waals surface area contributed by atoms with Gasteiger partial charge in [0.25, 0.3) is 0 Å². The first kappa shape index (κ1) is 25.2. The second kappa shape index (κ2) is 13.3. The van der Waals surface area contributed by atoms with Crippen molar-refractivity contribution in [3.63, 3.8) is 0 Å². The second-order valence-corrected chi connectivity index (χ2v) is 8.85. The number of rotatable bonds is 11. The third-order valence-electron chi connectivity index (χ3n) is 5.14. The molecule has 2 N–H and O–H groups in total. The summed E-state index contributed by atoms with van der Waals surface area (Å²) in [7, 11) is 0. The molecule has 3 aromatic rings. The monoisotopic (exact) mass is 589 g/mol. The molecule has 0 saturated carbocycles. The molecule has 0 bridgehead atoms. The van der Waals surface area contributed by atoms with Gasteiger partial charge >= 0.3 is 0 Å². The van der Waals surface area contributed by atoms with Gasteiger partial charge in [-0.05, 0) is 52.4 Å². The number of benzene rings is 2.